The van der Waals surface area contributed by atoms with E-state index in [9.17, 15) is 9.59 Å². The molecule has 0 spiro atoms. The number of hydrogen-bond donors (Lipinski definition) is 1. The molecule has 3 heteroatoms. The van der Waals surface area contributed by atoms with Crippen LogP contribution in [0, 0.1) is 5.92 Å². The maximum atomic E-state index is 12.2. The Morgan fingerprint density at radius 3 is 2.11 bits per heavy atom. The fourth-order valence-electron chi connectivity index (χ4n) is 2.43. The Kier molecular flexibility index (Phi) is 5.67. The van der Waals surface area contributed by atoms with Gasteiger partial charge in [-0.15, -0.1) is 0 Å². The van der Waals surface area contributed by atoms with Crippen molar-refractivity contribution in [3.05, 3.63) is 22.3 Å². The molecule has 0 saturated carbocycles. The number of ketones is 2. The van der Waals surface area contributed by atoms with Gasteiger partial charge in [0.1, 0.15) is 0 Å². The summed E-state index contributed by atoms with van der Waals surface area (Å²) in [5, 5.41) is 8.80. The van der Waals surface area contributed by atoms with Crippen LogP contribution >= 0.6 is 0 Å². The highest BCUT2D eigenvalue weighted by Gasteiger charge is 2.27. The quantitative estimate of drug-likeness (QED) is 0.750. The van der Waals surface area contributed by atoms with E-state index in [0.29, 0.717) is 34.6 Å². The summed E-state index contributed by atoms with van der Waals surface area (Å²) in [7, 11) is 0. The molecule has 1 atom stereocenters. The highest BCUT2D eigenvalue weighted by Crippen LogP contribution is 2.28. The highest BCUT2D eigenvalue weighted by atomic mass is 16.2. The van der Waals surface area contributed by atoms with Crippen molar-refractivity contribution in [1.29, 1.82) is 0 Å². The first-order valence-corrected chi connectivity index (χ1v) is 6.97. The molecule has 0 bridgehead atoms. The molecule has 3 nitrogen and oxygen atoms in total. The van der Waals surface area contributed by atoms with Gasteiger partial charge in [-0.05, 0) is 52.4 Å². The zero-order valence-corrected chi connectivity index (χ0v) is 12.4. The molecule has 0 heterocycles. The summed E-state index contributed by atoms with van der Waals surface area (Å²) < 4.78 is 0. The standard InChI is InChI=1S/C16H24O3/c1-10(6-5-9-17)7-8-14-13(4)15(18)11(2)12(3)16(14)19/h10,17H,5-9H2,1-4H3. The third-order valence-corrected chi connectivity index (χ3v) is 4.05. The highest BCUT2D eigenvalue weighted by molar-refractivity contribution is 6.24. The minimum Gasteiger partial charge on any atom is -0.396 e. The maximum absolute atomic E-state index is 12.2. The van der Waals surface area contributed by atoms with Gasteiger partial charge in [-0.3, -0.25) is 9.59 Å². The molecule has 19 heavy (non-hydrogen) atoms. The molecule has 0 radical (unpaired) electrons. The van der Waals surface area contributed by atoms with Gasteiger partial charge < -0.3 is 5.11 Å². The zero-order valence-electron chi connectivity index (χ0n) is 12.4. The van der Waals surface area contributed by atoms with Crippen molar-refractivity contribution in [2.24, 2.45) is 5.92 Å². The summed E-state index contributed by atoms with van der Waals surface area (Å²) >= 11 is 0. The van der Waals surface area contributed by atoms with Gasteiger partial charge in [0.05, 0.1) is 0 Å². The normalized spacial score (nSPS) is 18.4. The Labute approximate surface area is 115 Å². The second-order valence-electron chi connectivity index (χ2n) is 5.52. The van der Waals surface area contributed by atoms with Gasteiger partial charge in [0.2, 0.25) is 0 Å². The van der Waals surface area contributed by atoms with E-state index in [1.165, 1.54) is 0 Å². The van der Waals surface area contributed by atoms with Crippen LogP contribution in [0.25, 0.3) is 0 Å². The van der Waals surface area contributed by atoms with Crippen LogP contribution in [0.5, 0.6) is 0 Å². The molecule has 1 aliphatic rings. The molecule has 0 aliphatic heterocycles. The fourth-order valence-corrected chi connectivity index (χ4v) is 2.43. The Hall–Kier alpha value is -1.22. The van der Waals surface area contributed by atoms with Crippen molar-refractivity contribution in [1.82, 2.24) is 0 Å². The number of hydrogen-bond acceptors (Lipinski definition) is 3. The molecule has 0 aromatic carbocycles. The van der Waals surface area contributed by atoms with Gasteiger partial charge in [-0.2, -0.15) is 0 Å². The van der Waals surface area contributed by atoms with Crippen molar-refractivity contribution < 1.29 is 14.7 Å². The molecule has 1 N–H and O–H groups in total. The third-order valence-electron chi connectivity index (χ3n) is 4.05. The molecule has 0 aromatic heterocycles. The zero-order chi connectivity index (χ0) is 14.6. The fraction of sp³-hybridized carbons (Fsp3) is 0.625. The van der Waals surface area contributed by atoms with Crippen molar-refractivity contribution in [3.63, 3.8) is 0 Å². The number of carbonyl (C=O) groups is 2. The van der Waals surface area contributed by atoms with E-state index in [4.69, 9.17) is 5.11 Å². The lowest BCUT2D eigenvalue weighted by atomic mass is 9.83. The molecule has 0 saturated heterocycles. The third kappa shape index (κ3) is 3.63. The van der Waals surface area contributed by atoms with Gasteiger partial charge in [0.15, 0.2) is 11.6 Å². The number of allylic oxidation sites excluding steroid dienone is 4. The topological polar surface area (TPSA) is 54.4 Å². The van der Waals surface area contributed by atoms with E-state index < -0.39 is 0 Å². The van der Waals surface area contributed by atoms with E-state index in [1.807, 2.05) is 0 Å². The van der Waals surface area contributed by atoms with Crippen LogP contribution in [0.1, 0.15) is 53.4 Å². The number of carbonyl (C=O) groups excluding carboxylic acids is 2. The molecule has 0 aromatic rings. The first kappa shape index (κ1) is 15.8. The van der Waals surface area contributed by atoms with Crippen LogP contribution in [-0.2, 0) is 9.59 Å². The summed E-state index contributed by atoms with van der Waals surface area (Å²) in [6.07, 6.45) is 3.30. The van der Waals surface area contributed by atoms with E-state index in [-0.39, 0.29) is 18.2 Å². The first-order valence-electron chi connectivity index (χ1n) is 6.97. The Morgan fingerprint density at radius 2 is 1.53 bits per heavy atom. The van der Waals surface area contributed by atoms with Crippen LogP contribution in [0.2, 0.25) is 0 Å². The Bertz CT molecular complexity index is 441. The lowest BCUT2D eigenvalue weighted by molar-refractivity contribution is -0.116. The van der Waals surface area contributed by atoms with Crippen LogP contribution in [-0.4, -0.2) is 23.3 Å². The van der Waals surface area contributed by atoms with Crippen LogP contribution in [0.3, 0.4) is 0 Å². The molecule has 106 valence electrons. The largest absolute Gasteiger partial charge is 0.396 e. The summed E-state index contributed by atoms with van der Waals surface area (Å²) in [6.45, 7) is 7.54. The van der Waals surface area contributed by atoms with Crippen molar-refractivity contribution in [3.8, 4) is 0 Å². The lowest BCUT2D eigenvalue weighted by Crippen LogP contribution is -2.21. The van der Waals surface area contributed by atoms with E-state index in [2.05, 4.69) is 6.92 Å². The predicted octanol–water partition coefficient (Wildman–Crippen LogP) is 2.98. The molecule has 0 amide bonds. The molecule has 1 rings (SSSR count). The average molecular weight is 264 g/mol. The number of rotatable bonds is 6. The van der Waals surface area contributed by atoms with E-state index in [1.54, 1.807) is 20.8 Å². The number of aliphatic hydroxyl groups is 1. The van der Waals surface area contributed by atoms with Gasteiger partial charge in [-0.1, -0.05) is 6.92 Å². The minimum atomic E-state index is 0.00936. The number of Topliss-reactive ketones (excluding diaryl/α,β-unsaturated/α-hetero) is 2. The summed E-state index contributed by atoms with van der Waals surface area (Å²) in [4.78, 5) is 24.2. The summed E-state index contributed by atoms with van der Waals surface area (Å²) in [5.41, 5.74) is 2.47. The van der Waals surface area contributed by atoms with E-state index in [0.717, 1.165) is 19.3 Å². The van der Waals surface area contributed by atoms with Crippen molar-refractivity contribution >= 4 is 11.6 Å². The predicted molar refractivity (Wildman–Crippen MR) is 75.8 cm³/mol. The monoisotopic (exact) mass is 264 g/mol. The summed E-state index contributed by atoms with van der Waals surface area (Å²) in [6, 6.07) is 0. The van der Waals surface area contributed by atoms with E-state index >= 15 is 0 Å². The Morgan fingerprint density at radius 1 is 0.947 bits per heavy atom. The summed E-state index contributed by atoms with van der Waals surface area (Å²) in [5.74, 6) is 0.502. The molecular formula is C16H24O3. The Balaban J connectivity index is 2.73. The molecule has 1 unspecified atom stereocenters. The second-order valence-corrected chi connectivity index (χ2v) is 5.52. The van der Waals surface area contributed by atoms with Gasteiger partial charge >= 0.3 is 0 Å². The maximum Gasteiger partial charge on any atom is 0.185 e. The molecule has 0 fully saturated rings. The molecular weight excluding hydrogens is 240 g/mol. The lowest BCUT2D eigenvalue weighted by Gasteiger charge is -2.19. The van der Waals surface area contributed by atoms with Crippen LogP contribution in [0.15, 0.2) is 22.3 Å². The van der Waals surface area contributed by atoms with Crippen molar-refractivity contribution in [2.75, 3.05) is 6.61 Å². The van der Waals surface area contributed by atoms with Crippen molar-refractivity contribution in [2.45, 2.75) is 53.4 Å². The first-order chi connectivity index (χ1) is 8.90. The number of aliphatic hydroxyl groups excluding tert-OH is 1. The minimum absolute atomic E-state index is 0.00936. The molecule has 1 aliphatic carbocycles. The smallest absolute Gasteiger partial charge is 0.185 e. The van der Waals surface area contributed by atoms with Gasteiger partial charge in [-0.25, -0.2) is 0 Å². The average Bonchev–Trinajstić information content (AvgIpc) is 2.40. The van der Waals surface area contributed by atoms with Crippen LogP contribution < -0.4 is 0 Å². The van der Waals surface area contributed by atoms with Gasteiger partial charge in [0.25, 0.3) is 0 Å². The SMILES string of the molecule is CC1=C(C)C(=O)C(CCC(C)CCCO)=C(C)C1=O. The van der Waals surface area contributed by atoms with Gasteiger partial charge in [0, 0.05) is 28.9 Å². The van der Waals surface area contributed by atoms with Crippen LogP contribution in [0.4, 0.5) is 0 Å². The second kappa shape index (κ2) is 6.80.